The average Bonchev–Trinajstić information content (AvgIpc) is 2.93. The topological polar surface area (TPSA) is 191 Å². The summed E-state index contributed by atoms with van der Waals surface area (Å²) >= 11 is 0. The van der Waals surface area contributed by atoms with Crippen LogP contribution in [0.25, 0.3) is 5.69 Å². The number of nitrogens with zero attached hydrogens (tertiary/aromatic N) is 3. The number of aryl methyl sites for hydroxylation is 1. The van der Waals surface area contributed by atoms with E-state index in [0.717, 1.165) is 0 Å². The van der Waals surface area contributed by atoms with E-state index in [1.165, 1.54) is 11.6 Å². The SMILES string of the molecule is Cc1[nH]n(-c2ccccc2)c(=O)c1N=Nc1cc(S(=O)(=O)O)cc(S(=O)(=O)O)c1O.[Cu].[Na+].[Na+]. The maximum Gasteiger partial charge on any atom is 1.00 e. The fraction of sp³-hybridized carbons (Fsp3) is 0.0625. The number of hydrogen-bond donors (Lipinski definition) is 4. The normalized spacial score (nSPS) is 11.4. The van der Waals surface area contributed by atoms with Gasteiger partial charge in [-0.2, -0.15) is 16.8 Å². The number of aromatic nitrogens is 2. The van der Waals surface area contributed by atoms with E-state index >= 15 is 0 Å². The number of H-pyrrole nitrogens is 1. The fourth-order valence-electron chi connectivity index (χ4n) is 2.51. The zero-order valence-electron chi connectivity index (χ0n) is 17.4. The molecule has 17 heteroatoms. The van der Waals surface area contributed by atoms with E-state index in [4.69, 9.17) is 0 Å². The molecule has 3 aromatic rings. The Bertz CT molecular complexity index is 1440. The van der Waals surface area contributed by atoms with Crippen molar-refractivity contribution in [1.82, 2.24) is 9.78 Å². The zero-order valence-corrected chi connectivity index (χ0v) is 24.0. The van der Waals surface area contributed by atoms with Crippen LogP contribution in [-0.4, -0.2) is 40.8 Å². The van der Waals surface area contributed by atoms with Gasteiger partial charge in [-0.05, 0) is 31.2 Å². The fourth-order valence-corrected chi connectivity index (χ4v) is 3.74. The Kier molecular flexibility index (Phi) is 11.9. The van der Waals surface area contributed by atoms with E-state index in [1.807, 2.05) is 0 Å². The number of nitrogens with one attached hydrogen (secondary N) is 1. The van der Waals surface area contributed by atoms with Crippen LogP contribution in [0.2, 0.25) is 0 Å². The molecule has 0 aliphatic carbocycles. The Labute approximate surface area is 243 Å². The number of rotatable bonds is 5. The van der Waals surface area contributed by atoms with E-state index in [1.54, 1.807) is 30.3 Å². The number of azo groups is 1. The molecule has 0 amide bonds. The van der Waals surface area contributed by atoms with Gasteiger partial charge in [0.15, 0.2) is 11.4 Å². The number of hydrogen-bond acceptors (Lipinski definition) is 8. The third-order valence-electron chi connectivity index (χ3n) is 3.92. The van der Waals surface area contributed by atoms with Crippen LogP contribution < -0.4 is 64.7 Å². The van der Waals surface area contributed by atoms with Gasteiger partial charge in [0, 0.05) is 17.1 Å². The molecule has 0 atom stereocenters. The van der Waals surface area contributed by atoms with Crippen molar-refractivity contribution >= 4 is 31.6 Å². The largest absolute Gasteiger partial charge is 1.00 e. The molecule has 12 nitrogen and oxygen atoms in total. The molecule has 1 aromatic heterocycles. The van der Waals surface area contributed by atoms with Gasteiger partial charge in [0.25, 0.3) is 25.8 Å². The van der Waals surface area contributed by atoms with Crippen LogP contribution in [0.5, 0.6) is 5.75 Å². The average molecular weight is 564 g/mol. The second kappa shape index (κ2) is 12.2. The molecule has 0 aliphatic heterocycles. The van der Waals surface area contributed by atoms with Gasteiger partial charge < -0.3 is 5.11 Å². The minimum atomic E-state index is -5.07. The van der Waals surface area contributed by atoms with Crippen molar-refractivity contribution in [3.05, 3.63) is 58.5 Å². The van der Waals surface area contributed by atoms with Crippen LogP contribution >= 0.6 is 0 Å². The summed E-state index contributed by atoms with van der Waals surface area (Å²) < 4.78 is 65.1. The van der Waals surface area contributed by atoms with Crippen molar-refractivity contribution < 1.29 is 107 Å². The molecular weight excluding hydrogens is 550 g/mol. The van der Waals surface area contributed by atoms with Gasteiger partial charge in [0.1, 0.15) is 10.6 Å². The molecule has 0 spiro atoms. The van der Waals surface area contributed by atoms with E-state index in [9.17, 15) is 35.8 Å². The Hall–Kier alpha value is -0.811. The first kappa shape index (κ1) is 32.2. The summed E-state index contributed by atoms with van der Waals surface area (Å²) in [4.78, 5) is 10.4. The van der Waals surface area contributed by atoms with E-state index in [0.29, 0.717) is 17.8 Å². The van der Waals surface area contributed by atoms with E-state index in [2.05, 4.69) is 15.3 Å². The molecule has 0 unspecified atom stereocenters. The van der Waals surface area contributed by atoms with Gasteiger partial charge in [0.2, 0.25) is 0 Å². The van der Waals surface area contributed by atoms with Crippen molar-refractivity contribution in [2.75, 3.05) is 0 Å². The molecule has 1 radical (unpaired) electrons. The molecule has 33 heavy (non-hydrogen) atoms. The minimum Gasteiger partial charge on any atom is -0.504 e. The predicted octanol–water partition coefficient (Wildman–Crippen LogP) is -3.91. The Morgan fingerprint density at radius 3 is 2.03 bits per heavy atom. The number of benzene rings is 2. The first-order valence-corrected chi connectivity index (χ1v) is 10.9. The third kappa shape index (κ3) is 7.34. The smallest absolute Gasteiger partial charge is 0.504 e. The first-order valence-electron chi connectivity index (χ1n) is 8.00. The van der Waals surface area contributed by atoms with E-state index in [-0.39, 0.29) is 87.6 Å². The predicted molar refractivity (Wildman–Crippen MR) is 103 cm³/mol. The Morgan fingerprint density at radius 1 is 0.939 bits per heavy atom. The number of phenols is 1. The van der Waals surface area contributed by atoms with Crippen LogP contribution in [0.3, 0.4) is 0 Å². The molecule has 0 aliphatic rings. The second-order valence-electron chi connectivity index (χ2n) is 6.00. The van der Waals surface area contributed by atoms with Crippen LogP contribution in [-0.2, 0) is 37.3 Å². The van der Waals surface area contributed by atoms with Crippen molar-refractivity contribution in [1.29, 1.82) is 0 Å². The molecule has 169 valence electrons. The Balaban J connectivity index is 0.00000341. The molecule has 0 fully saturated rings. The van der Waals surface area contributed by atoms with Crippen LogP contribution in [0.1, 0.15) is 5.69 Å². The van der Waals surface area contributed by atoms with Gasteiger partial charge >= 0.3 is 59.1 Å². The summed E-state index contributed by atoms with van der Waals surface area (Å²) in [6.07, 6.45) is 0. The molecule has 0 saturated heterocycles. The molecule has 4 N–H and O–H groups in total. The molecular formula is C16H14CuN4Na2O8S2+2. The second-order valence-corrected chi connectivity index (χ2v) is 8.81. The van der Waals surface area contributed by atoms with Crippen molar-refractivity contribution in [2.24, 2.45) is 10.2 Å². The number of para-hydroxylation sites is 1. The third-order valence-corrected chi connectivity index (χ3v) is 5.62. The molecule has 1 heterocycles. The first-order chi connectivity index (χ1) is 13.9. The molecule has 0 bridgehead atoms. The number of phenolic OH excluding ortho intramolecular Hbond substituents is 1. The maximum atomic E-state index is 12.6. The van der Waals surface area contributed by atoms with Gasteiger partial charge in [0.05, 0.1) is 16.3 Å². The monoisotopic (exact) mass is 563 g/mol. The summed E-state index contributed by atoms with van der Waals surface area (Å²) in [7, 11) is -9.99. The number of aromatic hydroxyl groups is 1. The summed E-state index contributed by atoms with van der Waals surface area (Å²) in [5, 5.41) is 20.0. The summed E-state index contributed by atoms with van der Waals surface area (Å²) in [6, 6.07) is 9.44. The minimum absolute atomic E-state index is 0. The number of aromatic amines is 1. The molecule has 2 aromatic carbocycles. The van der Waals surface area contributed by atoms with Crippen LogP contribution in [0.15, 0.2) is 67.3 Å². The quantitative estimate of drug-likeness (QED) is 0.137. The standard InChI is InChI=1S/C16H14N4O8S2.Cu.2Na/c1-9-14(16(22)20(19-9)10-5-3-2-4-6-10)18-17-12-7-11(29(23,24)25)8-13(15(12)21)30(26,27)28;;;/h2-8,19,21H,1H3,(H,23,24,25)(H,26,27,28);;;/q;;2*+1. The van der Waals surface area contributed by atoms with Crippen LogP contribution in [0, 0.1) is 6.92 Å². The van der Waals surface area contributed by atoms with Crippen molar-refractivity contribution in [3.8, 4) is 11.4 Å². The molecule has 0 saturated carbocycles. The van der Waals surface area contributed by atoms with E-state index < -0.39 is 47.0 Å². The van der Waals surface area contributed by atoms with Gasteiger partial charge in [-0.15, -0.1) is 10.2 Å². The Morgan fingerprint density at radius 2 is 1.52 bits per heavy atom. The van der Waals surface area contributed by atoms with Gasteiger partial charge in [-0.1, -0.05) is 18.2 Å². The summed E-state index contributed by atoms with van der Waals surface area (Å²) in [5.41, 5.74) is -0.777. The summed E-state index contributed by atoms with van der Waals surface area (Å²) in [6.45, 7) is 1.51. The van der Waals surface area contributed by atoms with Crippen LogP contribution in [0.4, 0.5) is 11.4 Å². The maximum absolute atomic E-state index is 12.6. The molecule has 3 rings (SSSR count). The zero-order chi connectivity index (χ0) is 22.3. The van der Waals surface area contributed by atoms with Crippen molar-refractivity contribution in [3.63, 3.8) is 0 Å². The van der Waals surface area contributed by atoms with Gasteiger partial charge in [-0.3, -0.25) is 19.0 Å². The summed E-state index contributed by atoms with van der Waals surface area (Å²) in [5.74, 6) is -1.12. The van der Waals surface area contributed by atoms with Crippen molar-refractivity contribution in [2.45, 2.75) is 16.7 Å². The van der Waals surface area contributed by atoms with Gasteiger partial charge in [-0.25, -0.2) is 4.68 Å².